The van der Waals surface area contributed by atoms with E-state index in [1.807, 2.05) is 48.5 Å². The number of oxime groups is 1. The highest BCUT2D eigenvalue weighted by atomic mass is 16.5. The molecule has 0 saturated carbocycles. The quantitative estimate of drug-likeness (QED) is 0.692. The number of hydrogen-bond donors (Lipinski definition) is 1. The Hall–Kier alpha value is -2.49. The van der Waals surface area contributed by atoms with Gasteiger partial charge in [0.2, 0.25) is 0 Å². The number of benzene rings is 2. The van der Waals surface area contributed by atoms with Crippen LogP contribution in [0.3, 0.4) is 0 Å². The maximum absolute atomic E-state index is 9.09. The van der Waals surface area contributed by atoms with Gasteiger partial charge in [0.05, 0.1) is 12.3 Å². The topological polar surface area (TPSA) is 45.1 Å². The number of hydrogen-bond acceptors (Lipinski definition) is 4. The SMILES string of the molecule is ON=C1CCN(CCOc2ccccc2)c2ccccc21. The first-order chi connectivity index (χ1) is 10.4. The summed E-state index contributed by atoms with van der Waals surface area (Å²) in [6, 6.07) is 17.9. The highest BCUT2D eigenvalue weighted by Crippen LogP contribution is 2.26. The van der Waals surface area contributed by atoms with Gasteiger partial charge in [-0.3, -0.25) is 0 Å². The number of ether oxygens (including phenoxy) is 1. The molecule has 0 aromatic heterocycles. The van der Waals surface area contributed by atoms with Crippen LogP contribution in [0.15, 0.2) is 59.8 Å². The fraction of sp³-hybridized carbons (Fsp3) is 0.235. The molecule has 0 bridgehead atoms. The molecule has 4 heteroatoms. The van der Waals surface area contributed by atoms with Crippen molar-refractivity contribution in [1.82, 2.24) is 0 Å². The van der Waals surface area contributed by atoms with E-state index in [4.69, 9.17) is 9.94 Å². The van der Waals surface area contributed by atoms with E-state index < -0.39 is 0 Å². The summed E-state index contributed by atoms with van der Waals surface area (Å²) in [6.07, 6.45) is 0.749. The standard InChI is InChI=1S/C17H18N2O2/c20-18-16-10-11-19(17-9-5-4-8-15(16)17)12-13-21-14-6-2-1-3-7-14/h1-9,20H,10-13H2. The predicted molar refractivity (Wildman–Crippen MR) is 83.5 cm³/mol. The summed E-state index contributed by atoms with van der Waals surface area (Å²) in [5.41, 5.74) is 2.87. The lowest BCUT2D eigenvalue weighted by Gasteiger charge is -2.31. The van der Waals surface area contributed by atoms with Crippen molar-refractivity contribution in [3.05, 3.63) is 60.2 Å². The average Bonchev–Trinajstić information content (AvgIpc) is 2.56. The van der Waals surface area contributed by atoms with Crippen LogP contribution >= 0.6 is 0 Å². The third-order valence-electron chi connectivity index (χ3n) is 3.67. The van der Waals surface area contributed by atoms with Crippen LogP contribution in [0.2, 0.25) is 0 Å². The molecule has 0 fully saturated rings. The fourth-order valence-corrected chi connectivity index (χ4v) is 2.62. The van der Waals surface area contributed by atoms with Gasteiger partial charge in [-0.15, -0.1) is 0 Å². The largest absolute Gasteiger partial charge is 0.492 e. The minimum Gasteiger partial charge on any atom is -0.492 e. The minimum atomic E-state index is 0.629. The summed E-state index contributed by atoms with van der Waals surface area (Å²) < 4.78 is 5.76. The third kappa shape index (κ3) is 2.99. The van der Waals surface area contributed by atoms with E-state index in [2.05, 4.69) is 16.1 Å². The lowest BCUT2D eigenvalue weighted by molar-refractivity contribution is 0.316. The predicted octanol–water partition coefficient (Wildman–Crippen LogP) is 3.15. The third-order valence-corrected chi connectivity index (χ3v) is 3.67. The number of rotatable bonds is 4. The second kappa shape index (κ2) is 6.31. The zero-order valence-electron chi connectivity index (χ0n) is 11.8. The Kier molecular flexibility index (Phi) is 4.05. The van der Waals surface area contributed by atoms with Crippen molar-refractivity contribution in [3.8, 4) is 5.75 Å². The molecular weight excluding hydrogens is 264 g/mol. The van der Waals surface area contributed by atoms with Crippen LogP contribution in [0.1, 0.15) is 12.0 Å². The monoisotopic (exact) mass is 282 g/mol. The Morgan fingerprint density at radius 2 is 1.81 bits per heavy atom. The van der Waals surface area contributed by atoms with Gasteiger partial charge in [0.1, 0.15) is 12.4 Å². The molecule has 0 amide bonds. The Labute approximate surface area is 124 Å². The van der Waals surface area contributed by atoms with Gasteiger partial charge in [-0.2, -0.15) is 0 Å². The van der Waals surface area contributed by atoms with Crippen molar-refractivity contribution in [1.29, 1.82) is 0 Å². The molecule has 2 aromatic rings. The molecular formula is C17H18N2O2. The van der Waals surface area contributed by atoms with Gasteiger partial charge in [0, 0.05) is 24.2 Å². The smallest absolute Gasteiger partial charge is 0.119 e. The van der Waals surface area contributed by atoms with Crippen LogP contribution in [0, 0.1) is 0 Å². The fourth-order valence-electron chi connectivity index (χ4n) is 2.62. The molecule has 0 aliphatic carbocycles. The van der Waals surface area contributed by atoms with Crippen LogP contribution in [0.4, 0.5) is 5.69 Å². The molecule has 0 radical (unpaired) electrons. The highest BCUT2D eigenvalue weighted by Gasteiger charge is 2.21. The Bertz CT molecular complexity index is 626. The van der Waals surface area contributed by atoms with Gasteiger partial charge in [0.25, 0.3) is 0 Å². The minimum absolute atomic E-state index is 0.629. The molecule has 1 N–H and O–H groups in total. The number of para-hydroxylation sites is 2. The molecule has 4 nitrogen and oxygen atoms in total. The molecule has 1 aliphatic heterocycles. The maximum Gasteiger partial charge on any atom is 0.119 e. The van der Waals surface area contributed by atoms with Crippen molar-refractivity contribution in [2.75, 3.05) is 24.6 Å². The molecule has 108 valence electrons. The van der Waals surface area contributed by atoms with E-state index in [1.54, 1.807) is 0 Å². The molecule has 0 spiro atoms. The van der Waals surface area contributed by atoms with Gasteiger partial charge in [-0.1, -0.05) is 41.6 Å². The molecule has 1 heterocycles. The van der Waals surface area contributed by atoms with E-state index in [0.29, 0.717) is 6.61 Å². The number of anilines is 1. The van der Waals surface area contributed by atoms with Crippen molar-refractivity contribution in [2.24, 2.45) is 5.16 Å². The van der Waals surface area contributed by atoms with Gasteiger partial charge in [-0.05, 0) is 18.2 Å². The molecule has 2 aromatic carbocycles. The summed E-state index contributed by atoms with van der Waals surface area (Å²) in [4.78, 5) is 2.27. The van der Waals surface area contributed by atoms with E-state index in [-0.39, 0.29) is 0 Å². The van der Waals surface area contributed by atoms with Crippen LogP contribution < -0.4 is 9.64 Å². The molecule has 1 aliphatic rings. The molecule has 0 atom stereocenters. The Morgan fingerprint density at radius 3 is 2.62 bits per heavy atom. The van der Waals surface area contributed by atoms with E-state index in [9.17, 15) is 0 Å². The normalized spacial score (nSPS) is 15.8. The zero-order chi connectivity index (χ0) is 14.5. The van der Waals surface area contributed by atoms with Crippen molar-refractivity contribution >= 4 is 11.4 Å². The summed E-state index contributed by atoms with van der Waals surface area (Å²) in [7, 11) is 0. The van der Waals surface area contributed by atoms with Gasteiger partial charge in [0.15, 0.2) is 0 Å². The molecule has 21 heavy (non-hydrogen) atoms. The second-order valence-electron chi connectivity index (χ2n) is 4.96. The van der Waals surface area contributed by atoms with E-state index in [0.717, 1.165) is 42.2 Å². The van der Waals surface area contributed by atoms with Gasteiger partial charge in [-0.25, -0.2) is 0 Å². The van der Waals surface area contributed by atoms with Crippen LogP contribution in [-0.4, -0.2) is 30.6 Å². The summed E-state index contributed by atoms with van der Waals surface area (Å²) in [6.45, 7) is 2.28. The van der Waals surface area contributed by atoms with Gasteiger partial charge >= 0.3 is 0 Å². The van der Waals surface area contributed by atoms with E-state index >= 15 is 0 Å². The first-order valence-electron chi connectivity index (χ1n) is 7.11. The van der Waals surface area contributed by atoms with Crippen LogP contribution in [0.5, 0.6) is 5.75 Å². The molecule has 3 rings (SSSR count). The lowest BCUT2D eigenvalue weighted by Crippen LogP contribution is -2.35. The zero-order valence-corrected chi connectivity index (χ0v) is 11.8. The molecule has 0 saturated heterocycles. The first-order valence-corrected chi connectivity index (χ1v) is 7.11. The van der Waals surface area contributed by atoms with Gasteiger partial charge < -0.3 is 14.8 Å². The molecule has 0 unspecified atom stereocenters. The summed E-state index contributed by atoms with van der Waals surface area (Å²) in [5.74, 6) is 0.889. The van der Waals surface area contributed by atoms with Crippen molar-refractivity contribution < 1.29 is 9.94 Å². The number of fused-ring (bicyclic) bond motifs is 1. The number of nitrogens with zero attached hydrogens (tertiary/aromatic N) is 2. The van der Waals surface area contributed by atoms with E-state index in [1.165, 1.54) is 0 Å². The van der Waals surface area contributed by atoms with Crippen molar-refractivity contribution in [2.45, 2.75) is 6.42 Å². The second-order valence-corrected chi connectivity index (χ2v) is 4.96. The Morgan fingerprint density at radius 1 is 1.05 bits per heavy atom. The average molecular weight is 282 g/mol. The van der Waals surface area contributed by atoms with Crippen LogP contribution in [0.25, 0.3) is 0 Å². The lowest BCUT2D eigenvalue weighted by atomic mass is 10.00. The summed E-state index contributed by atoms with van der Waals surface area (Å²) in [5, 5.41) is 12.5. The van der Waals surface area contributed by atoms with Crippen molar-refractivity contribution in [3.63, 3.8) is 0 Å². The Balaban J connectivity index is 1.67. The van der Waals surface area contributed by atoms with Crippen LogP contribution in [-0.2, 0) is 0 Å². The maximum atomic E-state index is 9.09. The first kappa shape index (κ1) is 13.5. The highest BCUT2D eigenvalue weighted by molar-refractivity contribution is 6.06. The summed E-state index contributed by atoms with van der Waals surface area (Å²) >= 11 is 0.